The fraction of sp³-hybridized carbons (Fsp3) is 0.200. The van der Waals surface area contributed by atoms with E-state index in [1.807, 2.05) is 12.1 Å². The molecule has 2 aromatic rings. The molecule has 0 fully saturated rings. The van der Waals surface area contributed by atoms with E-state index in [0.29, 0.717) is 6.61 Å². The summed E-state index contributed by atoms with van der Waals surface area (Å²) in [6, 6.07) is 8.30. The molecule has 20 heavy (non-hydrogen) atoms. The van der Waals surface area contributed by atoms with Crippen molar-refractivity contribution < 1.29 is 13.5 Å². The molecule has 0 radical (unpaired) electrons. The lowest BCUT2D eigenvalue weighted by molar-refractivity contribution is 0.357. The zero-order chi connectivity index (χ0) is 14.1. The number of nitrogens with two attached hydrogens (primary N) is 1. The molecule has 1 aliphatic heterocycles. The molecule has 3 N–H and O–H groups in total. The highest BCUT2D eigenvalue weighted by molar-refractivity contribution is 5.43. The van der Waals surface area contributed by atoms with Crippen molar-refractivity contribution >= 4 is 0 Å². The molecular weight excluding hydrogens is 262 g/mol. The van der Waals surface area contributed by atoms with Gasteiger partial charge < -0.3 is 4.74 Å². The first-order chi connectivity index (χ1) is 9.69. The van der Waals surface area contributed by atoms with Crippen LogP contribution in [-0.4, -0.2) is 6.61 Å². The van der Waals surface area contributed by atoms with Crippen LogP contribution in [0.2, 0.25) is 0 Å². The number of hydrogen-bond donors (Lipinski definition) is 2. The number of ether oxygens (including phenoxy) is 1. The molecule has 1 aliphatic rings. The van der Waals surface area contributed by atoms with Gasteiger partial charge in [-0.3, -0.25) is 5.84 Å². The number of benzene rings is 2. The summed E-state index contributed by atoms with van der Waals surface area (Å²) in [6.45, 7) is 0.647. The number of nitrogens with one attached hydrogen (secondary N) is 1. The summed E-state index contributed by atoms with van der Waals surface area (Å²) >= 11 is 0. The Balaban J connectivity index is 2.03. The Hall–Kier alpha value is -1.98. The average Bonchev–Trinajstić information content (AvgIpc) is 2.91. The zero-order valence-corrected chi connectivity index (χ0v) is 10.7. The largest absolute Gasteiger partial charge is 0.493 e. The Kier molecular flexibility index (Phi) is 3.38. The average molecular weight is 276 g/mol. The molecule has 1 atom stereocenters. The summed E-state index contributed by atoms with van der Waals surface area (Å²) < 4.78 is 32.6. The molecule has 0 saturated carbocycles. The van der Waals surface area contributed by atoms with Gasteiger partial charge in [-0.2, -0.15) is 0 Å². The van der Waals surface area contributed by atoms with Crippen LogP contribution < -0.4 is 16.0 Å². The van der Waals surface area contributed by atoms with Crippen LogP contribution in [0.1, 0.15) is 22.7 Å². The SMILES string of the molecule is NNC(c1ccc2c(c1)CCO2)c1cc(F)ccc1F. The van der Waals surface area contributed by atoms with Crippen LogP contribution in [0.15, 0.2) is 36.4 Å². The van der Waals surface area contributed by atoms with E-state index >= 15 is 0 Å². The molecule has 0 spiro atoms. The zero-order valence-electron chi connectivity index (χ0n) is 10.7. The summed E-state index contributed by atoms with van der Waals surface area (Å²) in [4.78, 5) is 0. The van der Waals surface area contributed by atoms with Gasteiger partial charge in [-0.1, -0.05) is 12.1 Å². The third kappa shape index (κ3) is 2.26. The summed E-state index contributed by atoms with van der Waals surface area (Å²) in [6.07, 6.45) is 0.812. The molecule has 104 valence electrons. The van der Waals surface area contributed by atoms with Gasteiger partial charge in [-0.05, 0) is 35.4 Å². The fourth-order valence-electron chi connectivity index (χ4n) is 2.49. The molecule has 3 rings (SSSR count). The van der Waals surface area contributed by atoms with Gasteiger partial charge in [0.15, 0.2) is 0 Å². The minimum atomic E-state index is -0.600. The normalized spacial score (nSPS) is 14.8. The Bertz CT molecular complexity index is 646. The Labute approximate surface area is 115 Å². The first-order valence-corrected chi connectivity index (χ1v) is 6.36. The van der Waals surface area contributed by atoms with Crippen LogP contribution in [0.25, 0.3) is 0 Å². The van der Waals surface area contributed by atoms with Gasteiger partial charge in [0.05, 0.1) is 12.6 Å². The van der Waals surface area contributed by atoms with Crippen LogP contribution >= 0.6 is 0 Å². The highest BCUT2D eigenvalue weighted by Gasteiger charge is 2.20. The minimum Gasteiger partial charge on any atom is -0.493 e. The Morgan fingerprint density at radius 2 is 2.00 bits per heavy atom. The molecular formula is C15H14F2N2O. The monoisotopic (exact) mass is 276 g/mol. The van der Waals surface area contributed by atoms with Gasteiger partial charge in [0.25, 0.3) is 0 Å². The van der Waals surface area contributed by atoms with E-state index < -0.39 is 17.7 Å². The molecule has 0 aliphatic carbocycles. The first-order valence-electron chi connectivity index (χ1n) is 6.36. The van der Waals surface area contributed by atoms with E-state index in [2.05, 4.69) is 5.43 Å². The van der Waals surface area contributed by atoms with Crippen LogP contribution in [0, 0.1) is 11.6 Å². The Morgan fingerprint density at radius 3 is 2.80 bits per heavy atom. The standard InChI is InChI=1S/C15H14F2N2O/c16-11-2-3-13(17)12(8-11)15(19-18)10-1-4-14-9(7-10)5-6-20-14/h1-4,7-8,15,19H,5-6,18H2. The van der Waals surface area contributed by atoms with E-state index in [9.17, 15) is 8.78 Å². The lowest BCUT2D eigenvalue weighted by Crippen LogP contribution is -2.29. The van der Waals surface area contributed by atoms with Gasteiger partial charge >= 0.3 is 0 Å². The minimum absolute atomic E-state index is 0.186. The van der Waals surface area contributed by atoms with Gasteiger partial charge in [0.1, 0.15) is 17.4 Å². The van der Waals surface area contributed by atoms with Gasteiger partial charge in [0, 0.05) is 12.0 Å². The number of fused-ring (bicyclic) bond motifs is 1. The fourth-order valence-corrected chi connectivity index (χ4v) is 2.49. The maximum Gasteiger partial charge on any atom is 0.128 e. The summed E-state index contributed by atoms with van der Waals surface area (Å²) in [5.41, 5.74) is 4.57. The van der Waals surface area contributed by atoms with Crippen LogP contribution in [0.4, 0.5) is 8.78 Å². The van der Waals surface area contributed by atoms with Crippen molar-refractivity contribution in [3.8, 4) is 5.75 Å². The predicted molar refractivity (Wildman–Crippen MR) is 71.2 cm³/mol. The summed E-state index contributed by atoms with van der Waals surface area (Å²) in [7, 11) is 0. The van der Waals surface area contributed by atoms with Crippen LogP contribution in [0.5, 0.6) is 5.75 Å². The quantitative estimate of drug-likeness (QED) is 0.668. The maximum atomic E-state index is 13.9. The van der Waals surface area contributed by atoms with Crippen molar-refractivity contribution in [3.63, 3.8) is 0 Å². The lowest BCUT2D eigenvalue weighted by Gasteiger charge is -2.18. The third-order valence-electron chi connectivity index (χ3n) is 3.48. The van der Waals surface area contributed by atoms with Crippen molar-refractivity contribution in [1.29, 1.82) is 0 Å². The molecule has 0 amide bonds. The van der Waals surface area contributed by atoms with Crippen LogP contribution in [0.3, 0.4) is 0 Å². The van der Waals surface area contributed by atoms with Crippen molar-refractivity contribution in [3.05, 3.63) is 64.7 Å². The van der Waals surface area contributed by atoms with E-state index in [1.54, 1.807) is 6.07 Å². The van der Waals surface area contributed by atoms with Crippen molar-refractivity contribution in [2.75, 3.05) is 6.61 Å². The van der Waals surface area contributed by atoms with Crippen molar-refractivity contribution in [2.45, 2.75) is 12.5 Å². The highest BCUT2D eigenvalue weighted by Crippen LogP contribution is 2.31. The van der Waals surface area contributed by atoms with Crippen molar-refractivity contribution in [2.24, 2.45) is 5.84 Å². The van der Waals surface area contributed by atoms with E-state index in [0.717, 1.165) is 41.5 Å². The molecule has 5 heteroatoms. The molecule has 1 heterocycles. The number of halogens is 2. The van der Waals surface area contributed by atoms with Gasteiger partial charge in [-0.15, -0.1) is 0 Å². The molecule has 2 aromatic carbocycles. The molecule has 0 bridgehead atoms. The third-order valence-corrected chi connectivity index (χ3v) is 3.48. The first kappa shape index (κ1) is 13.0. The number of hydrazine groups is 1. The number of rotatable bonds is 3. The molecule has 3 nitrogen and oxygen atoms in total. The topological polar surface area (TPSA) is 47.3 Å². The van der Waals surface area contributed by atoms with E-state index in [1.165, 1.54) is 0 Å². The molecule has 0 saturated heterocycles. The second kappa shape index (κ2) is 5.19. The highest BCUT2D eigenvalue weighted by atomic mass is 19.1. The number of hydrogen-bond acceptors (Lipinski definition) is 3. The second-order valence-electron chi connectivity index (χ2n) is 4.73. The Morgan fingerprint density at radius 1 is 1.15 bits per heavy atom. The van der Waals surface area contributed by atoms with Crippen molar-refractivity contribution in [1.82, 2.24) is 5.43 Å². The summed E-state index contributed by atoms with van der Waals surface area (Å²) in [5.74, 6) is 5.38. The predicted octanol–water partition coefficient (Wildman–Crippen LogP) is 2.45. The van der Waals surface area contributed by atoms with Crippen LogP contribution in [-0.2, 0) is 6.42 Å². The van der Waals surface area contributed by atoms with E-state index in [4.69, 9.17) is 10.6 Å². The lowest BCUT2D eigenvalue weighted by atomic mass is 9.96. The smallest absolute Gasteiger partial charge is 0.128 e. The molecule has 1 unspecified atom stereocenters. The van der Waals surface area contributed by atoms with Gasteiger partial charge in [-0.25, -0.2) is 14.2 Å². The van der Waals surface area contributed by atoms with Gasteiger partial charge in [0.2, 0.25) is 0 Å². The van der Waals surface area contributed by atoms with E-state index in [-0.39, 0.29) is 5.56 Å². The molecule has 0 aromatic heterocycles. The maximum absolute atomic E-state index is 13.9. The second-order valence-corrected chi connectivity index (χ2v) is 4.73. The summed E-state index contributed by atoms with van der Waals surface area (Å²) in [5, 5.41) is 0.